The van der Waals surface area contributed by atoms with Crippen molar-refractivity contribution in [3.05, 3.63) is 24.3 Å². The molecular weight excluding hydrogens is 288 g/mol. The van der Waals surface area contributed by atoms with Crippen molar-refractivity contribution in [3.8, 4) is 0 Å². The van der Waals surface area contributed by atoms with E-state index in [1.165, 1.54) is 4.31 Å². The van der Waals surface area contributed by atoms with E-state index < -0.39 is 10.0 Å². The minimum Gasteiger partial charge on any atom is -0.393 e. The molecule has 21 heavy (non-hydrogen) atoms. The van der Waals surface area contributed by atoms with E-state index in [0.29, 0.717) is 10.8 Å². The van der Waals surface area contributed by atoms with Gasteiger partial charge in [0.2, 0.25) is 10.0 Å². The number of sulfonamides is 1. The van der Waals surface area contributed by atoms with Crippen molar-refractivity contribution in [1.29, 1.82) is 0 Å². The molecule has 0 amide bonds. The largest absolute Gasteiger partial charge is 0.393 e. The lowest BCUT2D eigenvalue weighted by Gasteiger charge is -2.35. The maximum Gasteiger partial charge on any atom is 0.244 e. The van der Waals surface area contributed by atoms with Crippen LogP contribution in [-0.2, 0) is 10.0 Å². The van der Waals surface area contributed by atoms with E-state index in [2.05, 4.69) is 4.90 Å². The lowest BCUT2D eigenvalue weighted by atomic mass is 9.92. The van der Waals surface area contributed by atoms with Crippen LogP contribution in [0.2, 0.25) is 0 Å². The molecule has 1 heterocycles. The Labute approximate surface area is 127 Å². The van der Waals surface area contributed by atoms with E-state index in [-0.39, 0.29) is 6.10 Å². The van der Waals surface area contributed by atoms with Gasteiger partial charge in [0.05, 0.1) is 11.8 Å². The summed E-state index contributed by atoms with van der Waals surface area (Å²) >= 11 is 0. The van der Waals surface area contributed by atoms with Crippen LogP contribution in [0.25, 0.3) is 0 Å². The minimum absolute atomic E-state index is 0.298. The molecule has 1 aromatic rings. The van der Waals surface area contributed by atoms with E-state index in [9.17, 15) is 13.5 Å². The number of hydrogen-bond acceptors (Lipinski definition) is 4. The van der Waals surface area contributed by atoms with Crippen LogP contribution in [0.3, 0.4) is 0 Å². The zero-order chi connectivity index (χ0) is 15.6. The molecule has 0 saturated carbocycles. The zero-order valence-electron chi connectivity index (χ0n) is 12.9. The quantitative estimate of drug-likeness (QED) is 0.916. The van der Waals surface area contributed by atoms with Crippen LogP contribution in [0, 0.1) is 5.92 Å². The van der Waals surface area contributed by atoms with Crippen molar-refractivity contribution >= 4 is 15.7 Å². The molecule has 1 aliphatic rings. The topological polar surface area (TPSA) is 60.9 Å². The lowest BCUT2D eigenvalue weighted by Crippen LogP contribution is -2.38. The highest BCUT2D eigenvalue weighted by atomic mass is 32.2. The summed E-state index contributed by atoms with van der Waals surface area (Å²) in [6.45, 7) is 3.37. The number of rotatable bonds is 4. The Hall–Kier alpha value is -1.11. The minimum atomic E-state index is -3.44. The molecule has 0 bridgehead atoms. The molecule has 2 rings (SSSR count). The van der Waals surface area contributed by atoms with E-state index in [1.807, 2.05) is 19.1 Å². The first-order valence-electron chi connectivity index (χ1n) is 7.28. The normalized spacial score (nSPS) is 19.0. The number of piperidine rings is 1. The smallest absolute Gasteiger partial charge is 0.244 e. The van der Waals surface area contributed by atoms with Crippen LogP contribution in [0.15, 0.2) is 29.2 Å². The highest BCUT2D eigenvalue weighted by molar-refractivity contribution is 7.89. The number of anilines is 1. The van der Waals surface area contributed by atoms with Crippen molar-refractivity contribution in [2.75, 3.05) is 32.1 Å². The van der Waals surface area contributed by atoms with Crippen molar-refractivity contribution in [3.63, 3.8) is 0 Å². The molecule has 1 aliphatic heterocycles. The summed E-state index contributed by atoms with van der Waals surface area (Å²) in [5.74, 6) is 0.305. The predicted octanol–water partition coefficient (Wildman–Crippen LogP) is 1.53. The molecule has 1 unspecified atom stereocenters. The highest BCUT2D eigenvalue weighted by Crippen LogP contribution is 2.31. The fourth-order valence-electron chi connectivity index (χ4n) is 2.76. The monoisotopic (exact) mass is 312 g/mol. The summed E-state index contributed by atoms with van der Waals surface area (Å²) in [7, 11) is -0.350. The maximum atomic E-state index is 12.4. The Bertz CT molecular complexity index is 576. The second-order valence-electron chi connectivity index (χ2n) is 5.82. The van der Waals surface area contributed by atoms with Gasteiger partial charge in [0.15, 0.2) is 0 Å². The summed E-state index contributed by atoms with van der Waals surface area (Å²) in [6.07, 6.45) is 1.47. The molecule has 1 N–H and O–H groups in total. The zero-order valence-corrected chi connectivity index (χ0v) is 13.7. The molecule has 0 aromatic heterocycles. The third kappa shape index (κ3) is 3.39. The Morgan fingerprint density at radius 1 is 1.24 bits per heavy atom. The van der Waals surface area contributed by atoms with Gasteiger partial charge in [-0.1, -0.05) is 12.1 Å². The van der Waals surface area contributed by atoms with Crippen LogP contribution < -0.4 is 4.90 Å². The predicted molar refractivity (Wildman–Crippen MR) is 83.9 cm³/mol. The molecule has 1 atom stereocenters. The number of nitrogens with zero attached hydrogens (tertiary/aromatic N) is 2. The SMILES string of the molecule is CC(O)C1CCN(c2ccccc2S(=O)(=O)N(C)C)CC1. The summed E-state index contributed by atoms with van der Waals surface area (Å²) in [5.41, 5.74) is 0.759. The number of para-hydroxylation sites is 1. The summed E-state index contributed by atoms with van der Waals surface area (Å²) in [4.78, 5) is 2.46. The first kappa shape index (κ1) is 16.3. The summed E-state index contributed by atoms with van der Waals surface area (Å²) in [6, 6.07) is 7.14. The number of benzene rings is 1. The Balaban J connectivity index is 2.27. The van der Waals surface area contributed by atoms with Gasteiger partial charge >= 0.3 is 0 Å². The van der Waals surface area contributed by atoms with Gasteiger partial charge < -0.3 is 10.0 Å². The second-order valence-corrected chi connectivity index (χ2v) is 7.94. The van der Waals surface area contributed by atoms with E-state index >= 15 is 0 Å². The van der Waals surface area contributed by atoms with Gasteiger partial charge in [0.25, 0.3) is 0 Å². The summed E-state index contributed by atoms with van der Waals surface area (Å²) < 4.78 is 26.1. The molecule has 0 spiro atoms. The molecule has 1 fully saturated rings. The van der Waals surface area contributed by atoms with Crippen LogP contribution >= 0.6 is 0 Å². The van der Waals surface area contributed by atoms with Crippen molar-refractivity contribution in [2.24, 2.45) is 5.92 Å². The molecule has 0 aliphatic carbocycles. The molecule has 6 heteroatoms. The maximum absolute atomic E-state index is 12.4. The average molecular weight is 312 g/mol. The average Bonchev–Trinajstić information content (AvgIpc) is 2.47. The van der Waals surface area contributed by atoms with Gasteiger partial charge in [-0.15, -0.1) is 0 Å². The van der Waals surface area contributed by atoms with Gasteiger partial charge in [0, 0.05) is 27.2 Å². The summed E-state index contributed by atoms with van der Waals surface area (Å²) in [5, 5.41) is 9.67. The van der Waals surface area contributed by atoms with Gasteiger partial charge in [-0.25, -0.2) is 12.7 Å². The van der Waals surface area contributed by atoms with E-state index in [0.717, 1.165) is 31.6 Å². The van der Waals surface area contributed by atoms with E-state index in [4.69, 9.17) is 0 Å². The second kappa shape index (κ2) is 6.34. The van der Waals surface area contributed by atoms with Gasteiger partial charge in [-0.2, -0.15) is 0 Å². The van der Waals surface area contributed by atoms with Crippen LogP contribution in [0.5, 0.6) is 0 Å². The van der Waals surface area contributed by atoms with Gasteiger partial charge in [-0.3, -0.25) is 0 Å². The fourth-order valence-corrected chi connectivity index (χ4v) is 3.86. The van der Waals surface area contributed by atoms with Gasteiger partial charge in [-0.05, 0) is 37.8 Å². The Morgan fingerprint density at radius 3 is 2.33 bits per heavy atom. The van der Waals surface area contributed by atoms with Crippen LogP contribution in [0.1, 0.15) is 19.8 Å². The first-order chi connectivity index (χ1) is 9.84. The van der Waals surface area contributed by atoms with Gasteiger partial charge in [0.1, 0.15) is 4.90 Å². The number of hydrogen-bond donors (Lipinski definition) is 1. The molecule has 118 valence electrons. The standard InChI is InChI=1S/C15H24N2O3S/c1-12(18)13-8-10-17(11-9-13)14-6-4-5-7-15(14)21(19,20)16(2)3/h4-7,12-13,18H,8-11H2,1-3H3. The Kier molecular flexibility index (Phi) is 4.91. The number of aliphatic hydroxyl groups is 1. The molecule has 0 radical (unpaired) electrons. The third-order valence-corrected chi connectivity index (χ3v) is 6.05. The fraction of sp³-hybridized carbons (Fsp3) is 0.600. The number of aliphatic hydroxyl groups excluding tert-OH is 1. The first-order valence-corrected chi connectivity index (χ1v) is 8.72. The lowest BCUT2D eigenvalue weighted by molar-refractivity contribution is 0.110. The highest BCUT2D eigenvalue weighted by Gasteiger charge is 2.27. The molecule has 1 aromatic carbocycles. The van der Waals surface area contributed by atoms with Crippen molar-refractivity contribution in [2.45, 2.75) is 30.8 Å². The van der Waals surface area contributed by atoms with Crippen molar-refractivity contribution in [1.82, 2.24) is 4.31 Å². The van der Waals surface area contributed by atoms with E-state index in [1.54, 1.807) is 26.2 Å². The third-order valence-electron chi connectivity index (χ3n) is 4.19. The van der Waals surface area contributed by atoms with Crippen LogP contribution in [-0.4, -0.2) is 51.1 Å². The molecule has 5 nitrogen and oxygen atoms in total. The van der Waals surface area contributed by atoms with Crippen molar-refractivity contribution < 1.29 is 13.5 Å². The molecule has 1 saturated heterocycles. The van der Waals surface area contributed by atoms with Crippen LogP contribution in [0.4, 0.5) is 5.69 Å². The Morgan fingerprint density at radius 2 is 1.81 bits per heavy atom. The molecular formula is C15H24N2O3S.